The van der Waals surface area contributed by atoms with Gasteiger partial charge in [-0.25, -0.2) is 0 Å². The summed E-state index contributed by atoms with van der Waals surface area (Å²) in [5.74, 6) is 1.62. The average Bonchev–Trinajstić information content (AvgIpc) is 2.99. The van der Waals surface area contributed by atoms with Gasteiger partial charge in [-0.1, -0.05) is 0 Å². The molecule has 0 atom stereocenters. The summed E-state index contributed by atoms with van der Waals surface area (Å²) < 4.78 is 17.6. The molecule has 0 spiro atoms. The molecule has 21 heavy (non-hydrogen) atoms. The topological polar surface area (TPSA) is 39.7 Å². The van der Waals surface area contributed by atoms with E-state index in [-0.39, 0.29) is 0 Å². The fourth-order valence-corrected chi connectivity index (χ4v) is 3.15. The SMILES string of the molecule is COCCNCc1cc(Br)c(OC2CCCC2)c(OC)c1. The van der Waals surface area contributed by atoms with E-state index in [0.717, 1.165) is 47.5 Å². The number of nitrogens with one attached hydrogen (secondary N) is 1. The van der Waals surface area contributed by atoms with E-state index >= 15 is 0 Å². The molecule has 118 valence electrons. The zero-order valence-corrected chi connectivity index (χ0v) is 14.4. The van der Waals surface area contributed by atoms with E-state index < -0.39 is 0 Å². The Labute approximate surface area is 135 Å². The Bertz CT molecular complexity index is 447. The van der Waals surface area contributed by atoms with E-state index in [1.165, 1.54) is 12.8 Å². The summed E-state index contributed by atoms with van der Waals surface area (Å²) in [7, 11) is 3.39. The van der Waals surface area contributed by atoms with Gasteiger partial charge in [0.15, 0.2) is 11.5 Å². The Kier molecular flexibility index (Phi) is 6.80. The van der Waals surface area contributed by atoms with Crippen LogP contribution in [0, 0.1) is 0 Å². The van der Waals surface area contributed by atoms with Gasteiger partial charge in [-0.2, -0.15) is 0 Å². The average molecular weight is 358 g/mol. The van der Waals surface area contributed by atoms with Crippen LogP contribution in [-0.4, -0.2) is 33.5 Å². The van der Waals surface area contributed by atoms with Gasteiger partial charge in [0, 0.05) is 20.2 Å². The van der Waals surface area contributed by atoms with Crippen molar-refractivity contribution in [2.75, 3.05) is 27.4 Å². The van der Waals surface area contributed by atoms with Gasteiger partial charge in [0.25, 0.3) is 0 Å². The summed E-state index contributed by atoms with van der Waals surface area (Å²) >= 11 is 3.61. The quantitative estimate of drug-likeness (QED) is 0.722. The smallest absolute Gasteiger partial charge is 0.175 e. The molecule has 5 heteroatoms. The fourth-order valence-electron chi connectivity index (χ4n) is 2.57. The highest BCUT2D eigenvalue weighted by Crippen LogP contribution is 2.39. The maximum absolute atomic E-state index is 6.11. The highest BCUT2D eigenvalue weighted by molar-refractivity contribution is 9.10. The summed E-state index contributed by atoms with van der Waals surface area (Å²) in [5.41, 5.74) is 1.16. The summed E-state index contributed by atoms with van der Waals surface area (Å²) in [6.07, 6.45) is 5.10. The normalized spacial score (nSPS) is 15.4. The van der Waals surface area contributed by atoms with Gasteiger partial charge < -0.3 is 19.5 Å². The van der Waals surface area contributed by atoms with Gasteiger partial charge in [0.05, 0.1) is 24.3 Å². The molecule has 1 aliphatic carbocycles. The number of benzene rings is 1. The van der Waals surface area contributed by atoms with Gasteiger partial charge in [-0.05, 0) is 59.3 Å². The molecule has 1 aromatic rings. The maximum atomic E-state index is 6.11. The van der Waals surface area contributed by atoms with Gasteiger partial charge in [-0.15, -0.1) is 0 Å². The molecule has 0 heterocycles. The zero-order chi connectivity index (χ0) is 15.1. The lowest BCUT2D eigenvalue weighted by molar-refractivity contribution is 0.198. The third-order valence-corrected chi connectivity index (χ3v) is 4.28. The first-order chi connectivity index (χ1) is 10.2. The van der Waals surface area contributed by atoms with Gasteiger partial charge in [0.1, 0.15) is 0 Å². The number of halogens is 1. The Morgan fingerprint density at radius 3 is 2.67 bits per heavy atom. The molecule has 0 bridgehead atoms. The minimum Gasteiger partial charge on any atom is -0.493 e. The Hall–Kier alpha value is -0.780. The van der Waals surface area contributed by atoms with Crippen molar-refractivity contribution in [1.82, 2.24) is 5.32 Å². The van der Waals surface area contributed by atoms with E-state index in [2.05, 4.69) is 27.3 Å². The lowest BCUT2D eigenvalue weighted by Crippen LogP contribution is -2.18. The predicted molar refractivity (Wildman–Crippen MR) is 87.2 cm³/mol. The summed E-state index contributed by atoms with van der Waals surface area (Å²) in [6, 6.07) is 4.13. The Morgan fingerprint density at radius 1 is 1.24 bits per heavy atom. The first-order valence-corrected chi connectivity index (χ1v) is 8.26. The van der Waals surface area contributed by atoms with Crippen molar-refractivity contribution in [3.8, 4) is 11.5 Å². The van der Waals surface area contributed by atoms with Crippen LogP contribution in [0.3, 0.4) is 0 Å². The lowest BCUT2D eigenvalue weighted by Gasteiger charge is -2.18. The van der Waals surface area contributed by atoms with Crippen LogP contribution in [0.1, 0.15) is 31.2 Å². The largest absolute Gasteiger partial charge is 0.493 e. The van der Waals surface area contributed by atoms with Crippen LogP contribution in [0.2, 0.25) is 0 Å². The van der Waals surface area contributed by atoms with Crippen LogP contribution in [0.15, 0.2) is 16.6 Å². The van der Waals surface area contributed by atoms with Crippen molar-refractivity contribution in [3.63, 3.8) is 0 Å². The van der Waals surface area contributed by atoms with Crippen LogP contribution in [0.5, 0.6) is 11.5 Å². The van der Waals surface area contributed by atoms with E-state index in [0.29, 0.717) is 12.7 Å². The lowest BCUT2D eigenvalue weighted by atomic mass is 10.2. The highest BCUT2D eigenvalue weighted by atomic mass is 79.9. The van der Waals surface area contributed by atoms with E-state index in [4.69, 9.17) is 14.2 Å². The van der Waals surface area contributed by atoms with Crippen LogP contribution < -0.4 is 14.8 Å². The fraction of sp³-hybridized carbons (Fsp3) is 0.625. The first-order valence-electron chi connectivity index (χ1n) is 7.47. The molecule has 0 saturated heterocycles. The molecule has 1 fully saturated rings. The molecule has 1 N–H and O–H groups in total. The molecule has 1 aromatic carbocycles. The number of hydrogen-bond donors (Lipinski definition) is 1. The van der Waals surface area contributed by atoms with Crippen LogP contribution in [0.25, 0.3) is 0 Å². The second kappa shape index (κ2) is 8.61. The summed E-state index contributed by atoms with van der Waals surface area (Å²) in [4.78, 5) is 0. The molecule has 0 unspecified atom stereocenters. The number of methoxy groups -OCH3 is 2. The maximum Gasteiger partial charge on any atom is 0.175 e. The highest BCUT2D eigenvalue weighted by Gasteiger charge is 2.20. The molecule has 2 rings (SSSR count). The third kappa shape index (κ3) is 4.87. The minimum absolute atomic E-state index is 0.320. The van der Waals surface area contributed by atoms with Crippen LogP contribution in [-0.2, 0) is 11.3 Å². The Morgan fingerprint density at radius 2 is 2.00 bits per heavy atom. The second-order valence-electron chi connectivity index (χ2n) is 5.30. The van der Waals surface area contributed by atoms with E-state index in [9.17, 15) is 0 Å². The molecule has 0 amide bonds. The first kappa shape index (κ1) is 16.6. The van der Waals surface area contributed by atoms with Crippen molar-refractivity contribution in [3.05, 3.63) is 22.2 Å². The molecule has 1 saturated carbocycles. The molecule has 0 aromatic heterocycles. The third-order valence-electron chi connectivity index (χ3n) is 3.69. The van der Waals surface area contributed by atoms with E-state index in [1.54, 1.807) is 14.2 Å². The second-order valence-corrected chi connectivity index (χ2v) is 6.16. The van der Waals surface area contributed by atoms with Crippen molar-refractivity contribution in [2.24, 2.45) is 0 Å². The van der Waals surface area contributed by atoms with Crippen molar-refractivity contribution in [1.29, 1.82) is 0 Å². The van der Waals surface area contributed by atoms with Crippen LogP contribution >= 0.6 is 15.9 Å². The van der Waals surface area contributed by atoms with Gasteiger partial charge >= 0.3 is 0 Å². The van der Waals surface area contributed by atoms with Crippen molar-refractivity contribution >= 4 is 15.9 Å². The number of rotatable bonds is 8. The predicted octanol–water partition coefficient (Wildman–Crippen LogP) is 3.52. The number of ether oxygens (including phenoxy) is 3. The molecular weight excluding hydrogens is 334 g/mol. The molecule has 0 aliphatic heterocycles. The van der Waals surface area contributed by atoms with Gasteiger partial charge in [0.2, 0.25) is 0 Å². The summed E-state index contributed by atoms with van der Waals surface area (Å²) in [5, 5.41) is 3.33. The Balaban J connectivity index is 2.03. The molecule has 4 nitrogen and oxygen atoms in total. The zero-order valence-electron chi connectivity index (χ0n) is 12.8. The summed E-state index contributed by atoms with van der Waals surface area (Å²) in [6.45, 7) is 2.32. The van der Waals surface area contributed by atoms with Crippen molar-refractivity contribution in [2.45, 2.75) is 38.3 Å². The molecule has 1 aliphatic rings. The van der Waals surface area contributed by atoms with Crippen molar-refractivity contribution < 1.29 is 14.2 Å². The van der Waals surface area contributed by atoms with Crippen LogP contribution in [0.4, 0.5) is 0 Å². The molecule has 0 radical (unpaired) electrons. The standard InChI is InChI=1S/C16H24BrNO3/c1-19-8-7-18-11-12-9-14(17)16(15(10-12)20-2)21-13-5-3-4-6-13/h9-10,13,18H,3-8,11H2,1-2H3. The van der Waals surface area contributed by atoms with E-state index in [1.807, 2.05) is 6.07 Å². The number of hydrogen-bond acceptors (Lipinski definition) is 4. The molecular formula is C16H24BrNO3. The minimum atomic E-state index is 0.320. The van der Waals surface area contributed by atoms with Gasteiger partial charge in [-0.3, -0.25) is 0 Å². The monoisotopic (exact) mass is 357 g/mol.